The van der Waals surface area contributed by atoms with Crippen LogP contribution in [0.2, 0.25) is 0 Å². The van der Waals surface area contributed by atoms with Crippen LogP contribution in [0.1, 0.15) is 12.5 Å². The highest BCUT2D eigenvalue weighted by atomic mass is 16.6. The molecule has 2 heterocycles. The van der Waals surface area contributed by atoms with Crippen molar-refractivity contribution in [3.8, 4) is 0 Å². The first-order chi connectivity index (χ1) is 16.9. The van der Waals surface area contributed by atoms with Crippen molar-refractivity contribution in [2.45, 2.75) is 6.92 Å². The fraction of sp³-hybridized carbons (Fsp3) is 0.238. The number of anilines is 4. The molecule has 14 nitrogen and oxygen atoms in total. The van der Waals surface area contributed by atoms with Crippen molar-refractivity contribution < 1.29 is 14.6 Å². The van der Waals surface area contributed by atoms with E-state index in [9.17, 15) is 20.2 Å². The van der Waals surface area contributed by atoms with Crippen molar-refractivity contribution in [2.75, 3.05) is 41.9 Å². The minimum absolute atomic E-state index is 0.0148. The van der Waals surface area contributed by atoms with Gasteiger partial charge in [-0.1, -0.05) is 6.07 Å². The summed E-state index contributed by atoms with van der Waals surface area (Å²) in [6.07, 6.45) is 0. The monoisotopic (exact) mass is 479 g/mol. The zero-order valence-corrected chi connectivity index (χ0v) is 18.6. The number of morpholine rings is 1. The average Bonchev–Trinajstić information content (AvgIpc) is 2.88. The summed E-state index contributed by atoms with van der Waals surface area (Å²) < 4.78 is 5.39. The molecule has 180 valence electrons. The molecule has 14 heteroatoms. The maximum absolute atomic E-state index is 11.1. The second-order valence-corrected chi connectivity index (χ2v) is 7.43. The van der Waals surface area contributed by atoms with Gasteiger partial charge < -0.3 is 15.0 Å². The van der Waals surface area contributed by atoms with E-state index in [4.69, 9.17) is 4.74 Å². The van der Waals surface area contributed by atoms with Gasteiger partial charge in [0.25, 0.3) is 11.4 Å². The van der Waals surface area contributed by atoms with E-state index >= 15 is 0 Å². The first kappa shape index (κ1) is 23.4. The quantitative estimate of drug-likeness (QED) is 0.276. The number of nitrogens with zero attached hydrogens (tertiary/aromatic N) is 7. The van der Waals surface area contributed by atoms with E-state index in [-0.39, 0.29) is 23.3 Å². The van der Waals surface area contributed by atoms with Crippen molar-refractivity contribution in [1.82, 2.24) is 15.0 Å². The van der Waals surface area contributed by atoms with E-state index in [1.165, 1.54) is 24.3 Å². The van der Waals surface area contributed by atoms with Gasteiger partial charge in [0.1, 0.15) is 0 Å². The Labute approximate surface area is 199 Å². The molecule has 0 atom stereocenters. The van der Waals surface area contributed by atoms with Gasteiger partial charge in [-0.2, -0.15) is 20.1 Å². The summed E-state index contributed by atoms with van der Waals surface area (Å²) in [5.74, 6) is 0.713. The predicted molar refractivity (Wildman–Crippen MR) is 128 cm³/mol. The van der Waals surface area contributed by atoms with Crippen LogP contribution in [0.4, 0.5) is 34.9 Å². The fourth-order valence-corrected chi connectivity index (χ4v) is 3.22. The Morgan fingerprint density at radius 1 is 0.971 bits per heavy atom. The van der Waals surface area contributed by atoms with Crippen molar-refractivity contribution >= 4 is 40.6 Å². The van der Waals surface area contributed by atoms with Gasteiger partial charge in [-0.25, -0.2) is 5.43 Å². The van der Waals surface area contributed by atoms with Crippen LogP contribution >= 0.6 is 0 Å². The number of nitro benzene ring substituents is 2. The molecule has 1 aliphatic rings. The van der Waals surface area contributed by atoms with Crippen LogP contribution in [0, 0.1) is 20.2 Å². The molecule has 0 spiro atoms. The van der Waals surface area contributed by atoms with Crippen molar-refractivity contribution in [3.63, 3.8) is 0 Å². The van der Waals surface area contributed by atoms with Crippen LogP contribution in [-0.4, -0.2) is 56.8 Å². The molecule has 1 saturated heterocycles. The zero-order valence-electron chi connectivity index (χ0n) is 18.6. The van der Waals surface area contributed by atoms with Gasteiger partial charge in [0.2, 0.25) is 17.8 Å². The SMILES string of the molecule is C/C(=N/Nc1nc(Nc2cccc([N+](=O)[O-])c2)nc(N2CCOCC2)n1)c1ccc([N+](=O)[O-])cc1. The Kier molecular flexibility index (Phi) is 7.02. The van der Waals surface area contributed by atoms with E-state index in [1.807, 2.05) is 4.90 Å². The number of nitro groups is 2. The number of non-ortho nitro benzene ring substituents is 2. The van der Waals surface area contributed by atoms with E-state index in [1.54, 1.807) is 31.2 Å². The van der Waals surface area contributed by atoms with E-state index in [0.717, 1.165) is 0 Å². The van der Waals surface area contributed by atoms with Crippen molar-refractivity contribution in [2.24, 2.45) is 5.10 Å². The molecule has 1 aliphatic heterocycles. The third kappa shape index (κ3) is 6.00. The lowest BCUT2D eigenvalue weighted by atomic mass is 10.1. The summed E-state index contributed by atoms with van der Waals surface area (Å²) in [7, 11) is 0. The van der Waals surface area contributed by atoms with Gasteiger partial charge in [0, 0.05) is 43.0 Å². The molecule has 1 aromatic heterocycles. The van der Waals surface area contributed by atoms with Crippen molar-refractivity contribution in [1.29, 1.82) is 0 Å². The molecular formula is C21H21N9O5. The summed E-state index contributed by atoms with van der Waals surface area (Å²) >= 11 is 0. The predicted octanol–water partition coefficient (Wildman–Crippen LogP) is 3.10. The third-order valence-electron chi connectivity index (χ3n) is 5.05. The Hall–Kier alpha value is -4.72. The number of ether oxygens (including phenoxy) is 1. The molecule has 35 heavy (non-hydrogen) atoms. The third-order valence-corrected chi connectivity index (χ3v) is 5.05. The minimum Gasteiger partial charge on any atom is -0.378 e. The van der Waals surface area contributed by atoms with Crippen LogP contribution in [-0.2, 0) is 4.74 Å². The molecule has 3 aromatic rings. The highest BCUT2D eigenvalue weighted by Crippen LogP contribution is 2.22. The standard InChI is InChI=1S/C21H21N9O5/c1-14(15-5-7-17(8-6-15)29(31)32)26-27-20-23-19(22-16-3-2-4-18(13-16)30(33)34)24-21(25-20)28-9-11-35-12-10-28/h2-8,13H,9-12H2,1H3,(H2,22,23,24,25,27)/b26-14-. The summed E-state index contributed by atoms with van der Waals surface area (Å²) in [6.45, 7) is 3.97. The highest BCUT2D eigenvalue weighted by molar-refractivity contribution is 5.99. The molecular weight excluding hydrogens is 458 g/mol. The Morgan fingerprint density at radius 3 is 2.34 bits per heavy atom. The van der Waals surface area contributed by atoms with Gasteiger partial charge in [0.05, 0.1) is 28.8 Å². The van der Waals surface area contributed by atoms with E-state index in [0.29, 0.717) is 49.2 Å². The molecule has 2 aromatic carbocycles. The second-order valence-electron chi connectivity index (χ2n) is 7.43. The van der Waals surface area contributed by atoms with Crippen LogP contribution in [0.25, 0.3) is 0 Å². The zero-order chi connectivity index (χ0) is 24.8. The van der Waals surface area contributed by atoms with Crippen LogP contribution in [0.5, 0.6) is 0 Å². The van der Waals surface area contributed by atoms with E-state index < -0.39 is 9.85 Å². The maximum atomic E-state index is 11.1. The van der Waals surface area contributed by atoms with Gasteiger partial charge in [-0.15, -0.1) is 0 Å². The molecule has 0 amide bonds. The molecule has 0 radical (unpaired) electrons. The Balaban J connectivity index is 1.60. The van der Waals surface area contributed by atoms with Gasteiger partial charge in [-0.05, 0) is 30.7 Å². The Bertz CT molecular complexity index is 1260. The number of rotatable bonds is 8. The summed E-state index contributed by atoms with van der Waals surface area (Å²) in [6, 6.07) is 12.0. The van der Waals surface area contributed by atoms with Gasteiger partial charge in [-0.3, -0.25) is 20.2 Å². The average molecular weight is 479 g/mol. The maximum Gasteiger partial charge on any atom is 0.271 e. The summed E-state index contributed by atoms with van der Waals surface area (Å²) in [5, 5.41) is 29.2. The summed E-state index contributed by atoms with van der Waals surface area (Å²) in [5.41, 5.74) is 4.39. The normalized spacial score (nSPS) is 13.9. The largest absolute Gasteiger partial charge is 0.378 e. The lowest BCUT2D eigenvalue weighted by molar-refractivity contribution is -0.385. The first-order valence-corrected chi connectivity index (χ1v) is 10.5. The number of hydrogen-bond donors (Lipinski definition) is 2. The number of nitrogens with one attached hydrogen (secondary N) is 2. The van der Waals surface area contributed by atoms with Crippen molar-refractivity contribution in [3.05, 3.63) is 74.3 Å². The molecule has 0 unspecified atom stereocenters. The number of hydrogen-bond acceptors (Lipinski definition) is 12. The molecule has 1 fully saturated rings. The number of aromatic nitrogens is 3. The van der Waals surface area contributed by atoms with Crippen LogP contribution in [0.15, 0.2) is 53.6 Å². The van der Waals surface area contributed by atoms with E-state index in [2.05, 4.69) is 30.8 Å². The Morgan fingerprint density at radius 2 is 1.66 bits per heavy atom. The fourth-order valence-electron chi connectivity index (χ4n) is 3.22. The molecule has 0 aliphatic carbocycles. The molecule has 0 bridgehead atoms. The minimum atomic E-state index is -0.486. The molecule has 0 saturated carbocycles. The number of benzene rings is 2. The first-order valence-electron chi connectivity index (χ1n) is 10.5. The van der Waals surface area contributed by atoms with Crippen LogP contribution < -0.4 is 15.6 Å². The second kappa shape index (κ2) is 10.5. The van der Waals surface area contributed by atoms with Crippen LogP contribution in [0.3, 0.4) is 0 Å². The smallest absolute Gasteiger partial charge is 0.271 e. The van der Waals surface area contributed by atoms with Gasteiger partial charge >= 0.3 is 0 Å². The lowest BCUT2D eigenvalue weighted by Crippen LogP contribution is -2.37. The number of hydrazone groups is 1. The van der Waals surface area contributed by atoms with Gasteiger partial charge in [0.15, 0.2) is 0 Å². The topological polar surface area (TPSA) is 174 Å². The lowest BCUT2D eigenvalue weighted by Gasteiger charge is -2.27. The summed E-state index contributed by atoms with van der Waals surface area (Å²) in [4.78, 5) is 36.2. The molecule has 2 N–H and O–H groups in total. The highest BCUT2D eigenvalue weighted by Gasteiger charge is 2.17. The molecule has 4 rings (SSSR count).